The van der Waals surface area contributed by atoms with E-state index in [0.717, 1.165) is 11.8 Å². The van der Waals surface area contributed by atoms with Crippen LogP contribution in [0.15, 0.2) is 43.0 Å². The Hall–Kier alpha value is -4.60. The summed E-state index contributed by atoms with van der Waals surface area (Å²) in [5, 5.41) is 11.9. The van der Waals surface area contributed by atoms with Crippen LogP contribution in [0.4, 0.5) is 33.5 Å². The number of amides is 2. The second-order valence-electron chi connectivity index (χ2n) is 9.65. The van der Waals surface area contributed by atoms with Gasteiger partial charge in [-0.25, -0.2) is 18.7 Å². The molecule has 0 aliphatic heterocycles. The largest absolute Gasteiger partial charge is 0.435 e. The fraction of sp³-hybridized carbons (Fsp3) is 0.414. The number of nitrogens with one attached hydrogen (secondary N) is 3. The van der Waals surface area contributed by atoms with Crippen molar-refractivity contribution in [1.29, 1.82) is 0 Å². The number of nitrogens with two attached hydrogens (primary N) is 1. The molecule has 244 valence electrons. The van der Waals surface area contributed by atoms with Crippen LogP contribution in [-0.4, -0.2) is 61.5 Å². The molecule has 3 aromatic heterocycles. The summed E-state index contributed by atoms with van der Waals surface area (Å²) in [6.45, 7) is 7.18. The van der Waals surface area contributed by atoms with Crippen molar-refractivity contribution < 1.29 is 31.5 Å². The molecule has 3 heterocycles. The average molecular weight is 638 g/mol. The highest BCUT2D eigenvalue weighted by atomic mass is 19.4. The molecular formula is C29H36F5N9O2. The SMILES string of the molecule is CC.CCc1cc(Nc2nccn3c(-c4cn(CC(F)F)nc4C(F)(F)F)cnc23)ccc1C(=O)NCCCNC(=O)C(C)N. The Labute approximate surface area is 256 Å². The number of alkyl halides is 5. The third-order valence-corrected chi connectivity index (χ3v) is 6.40. The maximum Gasteiger partial charge on any atom is 0.435 e. The highest BCUT2D eigenvalue weighted by Crippen LogP contribution is 2.37. The number of hydrogen-bond donors (Lipinski definition) is 4. The van der Waals surface area contributed by atoms with Crippen molar-refractivity contribution >= 4 is 29.0 Å². The van der Waals surface area contributed by atoms with Crippen molar-refractivity contribution in [3.05, 3.63) is 59.8 Å². The predicted molar refractivity (Wildman–Crippen MR) is 159 cm³/mol. The van der Waals surface area contributed by atoms with Gasteiger partial charge in [-0.3, -0.25) is 18.7 Å². The van der Waals surface area contributed by atoms with Gasteiger partial charge in [-0.05, 0) is 43.5 Å². The van der Waals surface area contributed by atoms with E-state index in [4.69, 9.17) is 5.73 Å². The normalized spacial score (nSPS) is 12.1. The summed E-state index contributed by atoms with van der Waals surface area (Å²) >= 11 is 0. The molecule has 4 aromatic rings. The van der Waals surface area contributed by atoms with E-state index in [1.54, 1.807) is 25.1 Å². The molecule has 0 spiro atoms. The van der Waals surface area contributed by atoms with Crippen molar-refractivity contribution in [2.24, 2.45) is 5.73 Å². The molecule has 11 nitrogen and oxygen atoms in total. The van der Waals surface area contributed by atoms with Crippen molar-refractivity contribution in [2.45, 2.75) is 65.7 Å². The van der Waals surface area contributed by atoms with E-state index < -0.39 is 36.4 Å². The van der Waals surface area contributed by atoms with Gasteiger partial charge in [0, 0.05) is 42.9 Å². The van der Waals surface area contributed by atoms with Crippen LogP contribution in [0.2, 0.25) is 0 Å². The van der Waals surface area contributed by atoms with Crippen molar-refractivity contribution in [1.82, 2.24) is 34.8 Å². The highest BCUT2D eigenvalue weighted by molar-refractivity contribution is 5.96. The second kappa shape index (κ2) is 15.4. The minimum atomic E-state index is -4.88. The number of hydrogen-bond acceptors (Lipinski definition) is 7. The van der Waals surface area contributed by atoms with Gasteiger partial charge in [0.05, 0.1) is 23.5 Å². The van der Waals surface area contributed by atoms with Gasteiger partial charge in [0.1, 0.15) is 6.54 Å². The lowest BCUT2D eigenvalue weighted by Gasteiger charge is -2.13. The quantitative estimate of drug-likeness (QED) is 0.129. The van der Waals surface area contributed by atoms with E-state index in [9.17, 15) is 31.5 Å². The monoisotopic (exact) mass is 637 g/mol. The molecule has 2 amide bonds. The Balaban J connectivity index is 0.00000271. The van der Waals surface area contributed by atoms with Crippen LogP contribution in [0.3, 0.4) is 0 Å². The van der Waals surface area contributed by atoms with Gasteiger partial charge in [-0.15, -0.1) is 0 Å². The molecule has 0 saturated heterocycles. The molecule has 0 bridgehead atoms. The zero-order valence-corrected chi connectivity index (χ0v) is 25.3. The number of rotatable bonds is 12. The summed E-state index contributed by atoms with van der Waals surface area (Å²) in [6.07, 6.45) is -1.86. The first-order chi connectivity index (χ1) is 21.4. The lowest BCUT2D eigenvalue weighted by Crippen LogP contribution is -2.39. The number of imidazole rings is 1. The minimum absolute atomic E-state index is 0.00772. The molecule has 0 aliphatic carbocycles. The summed E-state index contributed by atoms with van der Waals surface area (Å²) in [5.74, 6) is -0.338. The van der Waals surface area contributed by atoms with Crippen LogP contribution in [0.5, 0.6) is 0 Å². The number of benzene rings is 1. The third-order valence-electron chi connectivity index (χ3n) is 6.40. The number of aromatic nitrogens is 5. The standard InChI is InChI=1S/C27H30F5N9O2.C2H6/c1-3-16-11-17(5-6-18(16)26(43)36-8-4-7-35-25(42)15(2)33)38-23-24-37-12-20(41(24)10-9-34-23)19-13-40(14-21(28)29)39-22(19)27(30,31)32;1-2/h5-6,9-13,15,21H,3-4,7-8,14,33H2,1-2H3,(H,34,38)(H,35,42)(H,36,43);1-2H3. The van der Waals surface area contributed by atoms with Gasteiger partial charge in [-0.2, -0.15) is 18.3 Å². The summed E-state index contributed by atoms with van der Waals surface area (Å²) in [7, 11) is 0. The van der Waals surface area contributed by atoms with Gasteiger partial charge in [0.25, 0.3) is 12.3 Å². The van der Waals surface area contributed by atoms with Crippen LogP contribution in [0, 0.1) is 0 Å². The molecule has 16 heteroatoms. The summed E-state index contributed by atoms with van der Waals surface area (Å²) in [5.41, 5.74) is 5.70. The zero-order valence-electron chi connectivity index (χ0n) is 25.3. The predicted octanol–water partition coefficient (Wildman–Crippen LogP) is 4.79. The Morgan fingerprint density at radius 2 is 1.80 bits per heavy atom. The Morgan fingerprint density at radius 1 is 1.09 bits per heavy atom. The maximum atomic E-state index is 13.7. The lowest BCUT2D eigenvalue weighted by molar-refractivity contribution is -0.141. The minimum Gasteiger partial charge on any atom is -0.355 e. The first-order valence-electron chi connectivity index (χ1n) is 14.4. The summed E-state index contributed by atoms with van der Waals surface area (Å²) < 4.78 is 68.8. The van der Waals surface area contributed by atoms with Gasteiger partial charge in [-0.1, -0.05) is 20.8 Å². The summed E-state index contributed by atoms with van der Waals surface area (Å²) in [4.78, 5) is 32.8. The van der Waals surface area contributed by atoms with Gasteiger partial charge in [0.15, 0.2) is 17.2 Å². The smallest absolute Gasteiger partial charge is 0.355 e. The third kappa shape index (κ3) is 8.74. The Morgan fingerprint density at radius 3 is 2.44 bits per heavy atom. The van der Waals surface area contributed by atoms with Crippen LogP contribution in [-0.2, 0) is 23.9 Å². The molecule has 1 atom stereocenters. The first kappa shape index (κ1) is 34.9. The van der Waals surface area contributed by atoms with E-state index in [0.29, 0.717) is 41.9 Å². The van der Waals surface area contributed by atoms with Crippen LogP contribution in [0.1, 0.15) is 55.7 Å². The Kier molecular flexibility index (Phi) is 11.9. The van der Waals surface area contributed by atoms with E-state index in [2.05, 4.69) is 31.0 Å². The average Bonchev–Trinajstić information content (AvgIpc) is 3.62. The van der Waals surface area contributed by atoms with Crippen molar-refractivity contribution in [2.75, 3.05) is 18.4 Å². The number of anilines is 2. The molecule has 5 N–H and O–H groups in total. The van der Waals surface area contributed by atoms with E-state index >= 15 is 0 Å². The van der Waals surface area contributed by atoms with Crippen molar-refractivity contribution in [3.8, 4) is 11.3 Å². The molecule has 0 fully saturated rings. The number of nitrogens with zero attached hydrogens (tertiary/aromatic N) is 5. The highest BCUT2D eigenvalue weighted by Gasteiger charge is 2.38. The van der Waals surface area contributed by atoms with Crippen LogP contribution >= 0.6 is 0 Å². The van der Waals surface area contributed by atoms with E-state index in [1.807, 2.05) is 20.8 Å². The molecule has 0 saturated carbocycles. The molecule has 1 unspecified atom stereocenters. The molecule has 1 aromatic carbocycles. The fourth-order valence-corrected chi connectivity index (χ4v) is 4.34. The lowest BCUT2D eigenvalue weighted by atomic mass is 10.0. The molecular weight excluding hydrogens is 601 g/mol. The second-order valence-corrected chi connectivity index (χ2v) is 9.65. The number of fused-ring (bicyclic) bond motifs is 1. The van der Waals surface area contributed by atoms with Gasteiger partial charge in [0.2, 0.25) is 5.91 Å². The van der Waals surface area contributed by atoms with Gasteiger partial charge < -0.3 is 21.7 Å². The molecule has 4 rings (SSSR count). The molecule has 0 aliphatic rings. The summed E-state index contributed by atoms with van der Waals surface area (Å²) in [6, 6.07) is 4.43. The number of halogens is 5. The molecule has 0 radical (unpaired) electrons. The van der Waals surface area contributed by atoms with Crippen LogP contribution in [0.25, 0.3) is 16.9 Å². The number of carbonyl (C=O) groups is 2. The topological polar surface area (TPSA) is 144 Å². The van der Waals surface area contributed by atoms with Crippen LogP contribution < -0.4 is 21.7 Å². The maximum absolute atomic E-state index is 13.7. The number of carbonyl (C=O) groups excluding carboxylic acids is 2. The fourth-order valence-electron chi connectivity index (χ4n) is 4.34. The molecule has 45 heavy (non-hydrogen) atoms. The van der Waals surface area contributed by atoms with E-state index in [1.165, 1.54) is 23.0 Å². The number of aryl methyl sites for hydroxylation is 1. The Bertz CT molecular complexity index is 1600. The van der Waals surface area contributed by atoms with E-state index in [-0.39, 0.29) is 29.0 Å². The first-order valence-corrected chi connectivity index (χ1v) is 14.4. The van der Waals surface area contributed by atoms with Crippen molar-refractivity contribution in [3.63, 3.8) is 0 Å². The van der Waals surface area contributed by atoms with Gasteiger partial charge >= 0.3 is 6.18 Å². The zero-order chi connectivity index (χ0) is 33.3.